The van der Waals surface area contributed by atoms with E-state index in [0.29, 0.717) is 23.6 Å². The summed E-state index contributed by atoms with van der Waals surface area (Å²) in [5.41, 5.74) is 12.8. The highest BCUT2D eigenvalue weighted by Crippen LogP contribution is 2.50. The highest BCUT2D eigenvalue weighted by Gasteiger charge is 2.52. The SMILES string of the molecule is C=CC(=O)N1CC(n2nc(-c3ccc(Oc4ccc(F)cc4F)cc3)c(C(N)=O)c2N)CCC12CC2. The molecule has 1 saturated heterocycles. The monoisotopic (exact) mass is 493 g/mol. The average molecular weight is 494 g/mol. The second kappa shape index (κ2) is 8.78. The van der Waals surface area contributed by atoms with Gasteiger partial charge >= 0.3 is 0 Å². The number of nitrogens with zero attached hydrogens (tertiary/aromatic N) is 3. The van der Waals surface area contributed by atoms with Crippen LogP contribution < -0.4 is 16.2 Å². The summed E-state index contributed by atoms with van der Waals surface area (Å²) in [5.74, 6) is -2.08. The molecule has 1 atom stereocenters. The van der Waals surface area contributed by atoms with Crippen LogP contribution in [0.3, 0.4) is 0 Å². The number of ether oxygens (including phenoxy) is 1. The number of likely N-dealkylation sites (tertiary alicyclic amines) is 1. The van der Waals surface area contributed by atoms with E-state index in [-0.39, 0.29) is 34.6 Å². The molecular formula is C26H25F2N5O3. The lowest BCUT2D eigenvalue weighted by molar-refractivity contribution is -0.131. The normalized spacial score (nSPS) is 18.2. The zero-order valence-corrected chi connectivity index (χ0v) is 19.4. The van der Waals surface area contributed by atoms with Crippen molar-refractivity contribution in [1.29, 1.82) is 0 Å². The van der Waals surface area contributed by atoms with Gasteiger partial charge in [-0.3, -0.25) is 9.59 Å². The van der Waals surface area contributed by atoms with Gasteiger partial charge in [0.25, 0.3) is 5.91 Å². The minimum atomic E-state index is -0.828. The Kier molecular flexibility index (Phi) is 5.74. The molecule has 3 aromatic rings. The smallest absolute Gasteiger partial charge is 0.254 e. The molecule has 2 aromatic carbocycles. The summed E-state index contributed by atoms with van der Waals surface area (Å²) in [6.07, 6.45) is 4.80. The molecule has 2 aliphatic rings. The van der Waals surface area contributed by atoms with Crippen molar-refractivity contribution in [2.75, 3.05) is 12.3 Å². The standard InChI is InChI=1S/C26H25F2N5O3/c1-2-21(34)32-14-17(9-10-26(32)11-12-26)33-24(29)22(25(30)35)23(31-33)15-3-6-18(7-4-15)36-20-8-5-16(27)13-19(20)28/h2-8,13,17H,1,9-12,14,29H2,(H2,30,35). The Bertz CT molecular complexity index is 1360. The van der Waals surface area contributed by atoms with Crippen LogP contribution in [0.2, 0.25) is 0 Å². The Morgan fingerprint density at radius 1 is 1.14 bits per heavy atom. The van der Waals surface area contributed by atoms with E-state index in [9.17, 15) is 18.4 Å². The molecule has 1 saturated carbocycles. The number of nitrogens with two attached hydrogens (primary N) is 2. The quantitative estimate of drug-likeness (QED) is 0.500. The Labute approximate surface area is 206 Å². The fourth-order valence-corrected chi connectivity index (χ4v) is 4.90. The number of hydrogen-bond acceptors (Lipinski definition) is 5. The zero-order chi connectivity index (χ0) is 25.6. The number of amides is 2. The van der Waals surface area contributed by atoms with Crippen LogP contribution in [0.4, 0.5) is 14.6 Å². The molecule has 5 rings (SSSR count). The van der Waals surface area contributed by atoms with Crippen molar-refractivity contribution in [2.24, 2.45) is 5.73 Å². The number of primary amides is 1. The van der Waals surface area contributed by atoms with Crippen LogP contribution in [0, 0.1) is 11.6 Å². The van der Waals surface area contributed by atoms with E-state index >= 15 is 0 Å². The number of nitrogen functional groups attached to an aromatic ring is 1. The van der Waals surface area contributed by atoms with E-state index in [2.05, 4.69) is 11.7 Å². The summed E-state index contributed by atoms with van der Waals surface area (Å²) in [6, 6.07) is 9.23. The van der Waals surface area contributed by atoms with Crippen LogP contribution in [-0.2, 0) is 4.79 Å². The first-order valence-electron chi connectivity index (χ1n) is 11.6. The van der Waals surface area contributed by atoms with Crippen molar-refractivity contribution in [3.63, 3.8) is 0 Å². The molecular weight excluding hydrogens is 468 g/mol. The molecule has 2 heterocycles. The van der Waals surface area contributed by atoms with Crippen molar-refractivity contribution < 1.29 is 23.1 Å². The third-order valence-electron chi connectivity index (χ3n) is 6.97. The molecule has 2 amide bonds. The number of anilines is 1. The summed E-state index contributed by atoms with van der Waals surface area (Å²) in [6.45, 7) is 4.03. The number of carbonyl (C=O) groups is 2. The number of piperidine rings is 1. The van der Waals surface area contributed by atoms with Crippen molar-refractivity contribution in [3.8, 4) is 22.8 Å². The lowest BCUT2D eigenvalue weighted by Gasteiger charge is -2.40. The Hall–Kier alpha value is -4.21. The second-order valence-electron chi connectivity index (χ2n) is 9.19. The third kappa shape index (κ3) is 4.08. The van der Waals surface area contributed by atoms with Gasteiger partial charge in [0.05, 0.1) is 6.04 Å². The van der Waals surface area contributed by atoms with Gasteiger partial charge in [0.15, 0.2) is 11.6 Å². The van der Waals surface area contributed by atoms with E-state index in [0.717, 1.165) is 37.8 Å². The number of halogens is 2. The van der Waals surface area contributed by atoms with Gasteiger partial charge in [-0.05, 0) is 68.2 Å². The molecule has 1 aliphatic heterocycles. The van der Waals surface area contributed by atoms with Crippen LogP contribution in [0.15, 0.2) is 55.1 Å². The summed E-state index contributed by atoms with van der Waals surface area (Å²) in [5, 5.41) is 4.63. The minimum absolute atomic E-state index is 0.0848. The highest BCUT2D eigenvalue weighted by molar-refractivity contribution is 6.03. The molecule has 10 heteroatoms. The molecule has 1 aliphatic carbocycles. The number of hydrogen-bond donors (Lipinski definition) is 2. The van der Waals surface area contributed by atoms with Crippen LogP contribution >= 0.6 is 0 Å². The maximum atomic E-state index is 13.9. The molecule has 36 heavy (non-hydrogen) atoms. The Balaban J connectivity index is 1.43. The van der Waals surface area contributed by atoms with Gasteiger partial charge in [0.2, 0.25) is 5.91 Å². The first-order chi connectivity index (χ1) is 17.2. The van der Waals surface area contributed by atoms with E-state index in [1.165, 1.54) is 12.1 Å². The van der Waals surface area contributed by atoms with Gasteiger partial charge in [-0.15, -0.1) is 0 Å². The largest absolute Gasteiger partial charge is 0.454 e. The molecule has 1 spiro atoms. The third-order valence-corrected chi connectivity index (χ3v) is 6.97. The minimum Gasteiger partial charge on any atom is -0.454 e. The molecule has 8 nitrogen and oxygen atoms in total. The van der Waals surface area contributed by atoms with Crippen molar-refractivity contribution >= 4 is 17.6 Å². The predicted molar refractivity (Wildman–Crippen MR) is 129 cm³/mol. The van der Waals surface area contributed by atoms with E-state index in [1.54, 1.807) is 28.9 Å². The highest BCUT2D eigenvalue weighted by atomic mass is 19.1. The van der Waals surface area contributed by atoms with Crippen LogP contribution in [0.25, 0.3) is 11.3 Å². The summed E-state index contributed by atoms with van der Waals surface area (Å²) < 4.78 is 34.1. The van der Waals surface area contributed by atoms with Crippen molar-refractivity contribution in [2.45, 2.75) is 37.3 Å². The van der Waals surface area contributed by atoms with Gasteiger partial charge < -0.3 is 21.1 Å². The fourth-order valence-electron chi connectivity index (χ4n) is 4.90. The van der Waals surface area contributed by atoms with E-state index in [4.69, 9.17) is 16.2 Å². The van der Waals surface area contributed by atoms with Crippen LogP contribution in [-0.4, -0.2) is 38.6 Å². The van der Waals surface area contributed by atoms with Gasteiger partial charge in [-0.2, -0.15) is 5.10 Å². The first-order valence-corrected chi connectivity index (χ1v) is 11.6. The molecule has 2 fully saturated rings. The molecule has 4 N–H and O–H groups in total. The summed E-state index contributed by atoms with van der Waals surface area (Å²) >= 11 is 0. The molecule has 1 unspecified atom stereocenters. The zero-order valence-electron chi connectivity index (χ0n) is 19.4. The Morgan fingerprint density at radius 3 is 2.47 bits per heavy atom. The van der Waals surface area contributed by atoms with Crippen LogP contribution in [0.1, 0.15) is 42.1 Å². The van der Waals surface area contributed by atoms with Gasteiger partial charge in [0, 0.05) is 23.7 Å². The Morgan fingerprint density at radius 2 is 1.86 bits per heavy atom. The molecule has 0 bridgehead atoms. The summed E-state index contributed by atoms with van der Waals surface area (Å²) in [4.78, 5) is 26.7. The van der Waals surface area contributed by atoms with E-state index in [1.807, 2.05) is 4.90 Å². The lowest BCUT2D eigenvalue weighted by Crippen LogP contribution is -2.48. The van der Waals surface area contributed by atoms with Crippen molar-refractivity contribution in [1.82, 2.24) is 14.7 Å². The summed E-state index contributed by atoms with van der Waals surface area (Å²) in [7, 11) is 0. The topological polar surface area (TPSA) is 116 Å². The van der Waals surface area contributed by atoms with Gasteiger partial charge in [-0.1, -0.05) is 6.58 Å². The van der Waals surface area contributed by atoms with Gasteiger partial charge in [-0.25, -0.2) is 13.5 Å². The fraction of sp³-hybridized carbons (Fsp3) is 0.269. The number of rotatable bonds is 6. The second-order valence-corrected chi connectivity index (χ2v) is 9.19. The lowest BCUT2D eigenvalue weighted by atomic mass is 9.96. The molecule has 0 radical (unpaired) electrons. The molecule has 186 valence electrons. The van der Waals surface area contributed by atoms with Gasteiger partial charge in [0.1, 0.15) is 28.6 Å². The maximum Gasteiger partial charge on any atom is 0.254 e. The van der Waals surface area contributed by atoms with Crippen LogP contribution in [0.5, 0.6) is 11.5 Å². The number of carbonyl (C=O) groups excluding carboxylic acids is 2. The number of benzene rings is 2. The number of aromatic nitrogens is 2. The maximum absolute atomic E-state index is 13.9. The van der Waals surface area contributed by atoms with Crippen molar-refractivity contribution in [3.05, 3.63) is 72.3 Å². The average Bonchev–Trinajstić information content (AvgIpc) is 3.54. The van der Waals surface area contributed by atoms with E-state index < -0.39 is 17.5 Å². The first kappa shape index (κ1) is 23.5. The predicted octanol–water partition coefficient (Wildman–Crippen LogP) is 4.18. The molecule has 1 aromatic heterocycles.